The maximum absolute atomic E-state index is 9.56. The van der Waals surface area contributed by atoms with Gasteiger partial charge in [-0.05, 0) is 129 Å². The van der Waals surface area contributed by atoms with Crippen LogP contribution in [0.2, 0.25) is 0 Å². The van der Waals surface area contributed by atoms with E-state index in [0.29, 0.717) is 12.5 Å². The summed E-state index contributed by atoms with van der Waals surface area (Å²) >= 11 is 0. The Labute approximate surface area is 248 Å². The lowest BCUT2D eigenvalue weighted by atomic mass is 9.85. The predicted molar refractivity (Wildman–Crippen MR) is 171 cm³/mol. The number of aromatic hydroxyl groups is 1. The van der Waals surface area contributed by atoms with Gasteiger partial charge in [-0.3, -0.25) is 4.90 Å². The number of phenols is 1. The van der Waals surface area contributed by atoms with Crippen LogP contribution in [-0.4, -0.2) is 28.9 Å². The number of aryl methyl sites for hydroxylation is 1. The molecule has 0 spiro atoms. The third kappa shape index (κ3) is 9.00. The zero-order valence-electron chi connectivity index (χ0n) is 26.3. The highest BCUT2D eigenvalue weighted by molar-refractivity contribution is 5.55. The van der Waals surface area contributed by atoms with Crippen LogP contribution in [0.3, 0.4) is 0 Å². The van der Waals surface area contributed by atoms with E-state index in [4.69, 9.17) is 9.47 Å². The second kappa shape index (κ2) is 14.3. The summed E-state index contributed by atoms with van der Waals surface area (Å²) in [6.07, 6.45) is 16.8. The van der Waals surface area contributed by atoms with Gasteiger partial charge in [-0.15, -0.1) is 0 Å². The first-order valence-corrected chi connectivity index (χ1v) is 15.5. The highest BCUT2D eigenvalue weighted by Crippen LogP contribution is 2.44. The SMILES string of the molecule is CC(C)=CCCC(C)=CCCC(C)=CCCC1(C)CCc2c3c(cc(C)c2O1)OCN(CCc1ccc(O)cc1)C3. The molecule has 0 bridgehead atoms. The largest absolute Gasteiger partial charge is 0.508 e. The Bertz CT molecular complexity index is 1270. The second-order valence-corrected chi connectivity index (χ2v) is 12.8. The molecule has 0 amide bonds. The van der Waals surface area contributed by atoms with Gasteiger partial charge in [0.1, 0.15) is 29.6 Å². The Morgan fingerprint density at radius 1 is 0.951 bits per heavy atom. The van der Waals surface area contributed by atoms with Crippen molar-refractivity contribution < 1.29 is 14.6 Å². The van der Waals surface area contributed by atoms with Crippen molar-refractivity contribution in [1.82, 2.24) is 4.90 Å². The van der Waals surface area contributed by atoms with E-state index in [1.165, 1.54) is 39.0 Å². The van der Waals surface area contributed by atoms with Crippen LogP contribution in [-0.2, 0) is 19.4 Å². The van der Waals surface area contributed by atoms with Crippen molar-refractivity contribution in [1.29, 1.82) is 0 Å². The average Bonchev–Trinajstić information content (AvgIpc) is 2.93. The summed E-state index contributed by atoms with van der Waals surface area (Å²) in [5.41, 5.74) is 9.29. The summed E-state index contributed by atoms with van der Waals surface area (Å²) in [7, 11) is 0. The summed E-state index contributed by atoms with van der Waals surface area (Å²) in [6.45, 7) is 15.7. The molecule has 0 fully saturated rings. The van der Waals surface area contributed by atoms with Crippen molar-refractivity contribution in [2.24, 2.45) is 0 Å². The normalized spacial score (nSPS) is 19.2. The zero-order chi connectivity index (χ0) is 29.4. The van der Waals surface area contributed by atoms with E-state index in [1.807, 2.05) is 12.1 Å². The number of rotatable bonds is 12. The van der Waals surface area contributed by atoms with E-state index in [0.717, 1.165) is 82.4 Å². The molecule has 0 aromatic heterocycles. The lowest BCUT2D eigenvalue weighted by Crippen LogP contribution is -2.39. The number of fused-ring (bicyclic) bond motifs is 3. The Hall–Kier alpha value is -2.98. The van der Waals surface area contributed by atoms with Gasteiger partial charge in [0.2, 0.25) is 0 Å². The molecule has 2 aromatic carbocycles. The Morgan fingerprint density at radius 3 is 2.34 bits per heavy atom. The van der Waals surface area contributed by atoms with Gasteiger partial charge in [0.15, 0.2) is 0 Å². The van der Waals surface area contributed by atoms with Crippen LogP contribution in [0.25, 0.3) is 0 Å². The van der Waals surface area contributed by atoms with Gasteiger partial charge in [0.05, 0.1) is 0 Å². The van der Waals surface area contributed by atoms with E-state index in [1.54, 1.807) is 12.1 Å². The number of hydrogen-bond donors (Lipinski definition) is 1. The van der Waals surface area contributed by atoms with E-state index in [-0.39, 0.29) is 5.60 Å². The second-order valence-electron chi connectivity index (χ2n) is 12.8. The topological polar surface area (TPSA) is 41.9 Å². The molecule has 0 saturated heterocycles. The van der Waals surface area contributed by atoms with Crippen molar-refractivity contribution in [2.75, 3.05) is 13.3 Å². The number of benzene rings is 2. The van der Waals surface area contributed by atoms with Crippen LogP contribution in [0.5, 0.6) is 17.2 Å². The highest BCUT2D eigenvalue weighted by atomic mass is 16.5. The highest BCUT2D eigenvalue weighted by Gasteiger charge is 2.35. The molecule has 222 valence electrons. The lowest BCUT2D eigenvalue weighted by Gasteiger charge is -2.39. The maximum Gasteiger partial charge on any atom is 0.142 e. The van der Waals surface area contributed by atoms with Crippen LogP contribution in [0.15, 0.2) is 65.3 Å². The van der Waals surface area contributed by atoms with Gasteiger partial charge in [0, 0.05) is 24.2 Å². The molecule has 0 saturated carbocycles. The maximum atomic E-state index is 9.56. The molecule has 0 aliphatic carbocycles. The molecule has 41 heavy (non-hydrogen) atoms. The van der Waals surface area contributed by atoms with Crippen molar-refractivity contribution in [2.45, 2.75) is 111 Å². The molecule has 4 heteroatoms. The minimum atomic E-state index is -0.141. The van der Waals surface area contributed by atoms with Crippen LogP contribution < -0.4 is 9.47 Å². The third-order valence-electron chi connectivity index (χ3n) is 8.62. The molecule has 1 atom stereocenters. The van der Waals surface area contributed by atoms with Crippen LogP contribution in [0.4, 0.5) is 0 Å². The van der Waals surface area contributed by atoms with Gasteiger partial charge >= 0.3 is 0 Å². The van der Waals surface area contributed by atoms with Gasteiger partial charge in [-0.25, -0.2) is 0 Å². The number of ether oxygens (including phenoxy) is 2. The van der Waals surface area contributed by atoms with Crippen LogP contribution in [0.1, 0.15) is 102 Å². The van der Waals surface area contributed by atoms with Crippen molar-refractivity contribution in [3.63, 3.8) is 0 Å². The van der Waals surface area contributed by atoms with E-state index >= 15 is 0 Å². The first-order valence-electron chi connectivity index (χ1n) is 15.5. The number of nitrogens with zero attached hydrogens (tertiary/aromatic N) is 1. The Balaban J connectivity index is 1.30. The molecule has 2 aliphatic heterocycles. The number of allylic oxidation sites excluding steroid dienone is 6. The van der Waals surface area contributed by atoms with E-state index in [9.17, 15) is 5.11 Å². The van der Waals surface area contributed by atoms with Crippen molar-refractivity contribution in [3.8, 4) is 17.2 Å². The summed E-state index contributed by atoms with van der Waals surface area (Å²) in [6, 6.07) is 9.69. The smallest absolute Gasteiger partial charge is 0.142 e. The fourth-order valence-electron chi connectivity index (χ4n) is 5.93. The average molecular weight is 558 g/mol. The summed E-state index contributed by atoms with van der Waals surface area (Å²) in [4.78, 5) is 2.37. The number of hydrogen-bond acceptors (Lipinski definition) is 4. The lowest BCUT2D eigenvalue weighted by molar-refractivity contribution is 0.0526. The predicted octanol–water partition coefficient (Wildman–Crippen LogP) is 9.38. The van der Waals surface area contributed by atoms with Crippen molar-refractivity contribution >= 4 is 0 Å². The molecule has 4 rings (SSSR count). The molecule has 2 heterocycles. The molecule has 1 unspecified atom stereocenters. The first kappa shape index (κ1) is 31.0. The molecule has 2 aliphatic rings. The van der Waals surface area contributed by atoms with Gasteiger partial charge in [-0.1, -0.05) is 47.1 Å². The molecular formula is C37H51NO3. The molecule has 0 radical (unpaired) electrons. The van der Waals surface area contributed by atoms with Crippen LogP contribution in [0, 0.1) is 6.92 Å². The van der Waals surface area contributed by atoms with Gasteiger partial charge < -0.3 is 14.6 Å². The van der Waals surface area contributed by atoms with Crippen molar-refractivity contribution in [3.05, 3.63) is 87.5 Å². The summed E-state index contributed by atoms with van der Waals surface area (Å²) in [5.74, 6) is 2.42. The zero-order valence-corrected chi connectivity index (χ0v) is 26.3. The third-order valence-corrected chi connectivity index (χ3v) is 8.62. The number of phenolic OH excluding ortho intramolecular Hbond substituents is 1. The quantitative estimate of drug-likeness (QED) is 0.264. The molecule has 2 aromatic rings. The Morgan fingerprint density at radius 2 is 1.63 bits per heavy atom. The first-order chi connectivity index (χ1) is 19.6. The summed E-state index contributed by atoms with van der Waals surface area (Å²) in [5, 5.41) is 9.56. The van der Waals surface area contributed by atoms with E-state index < -0.39 is 0 Å². The minimum Gasteiger partial charge on any atom is -0.508 e. The fourth-order valence-corrected chi connectivity index (χ4v) is 5.93. The standard InChI is InChI=1S/C37H51NO3/c1-27(2)10-7-11-28(3)12-8-13-29(4)14-9-21-37(6)22-19-33-34-25-38(23-20-31-15-17-32(39)18-16-31)26-40-35(34)24-30(5)36(33)41-37/h10,12,14-18,24,39H,7-9,11,13,19-23,25-26H2,1-6H3. The van der Waals surface area contributed by atoms with Crippen LogP contribution >= 0.6 is 0 Å². The summed E-state index contributed by atoms with van der Waals surface area (Å²) < 4.78 is 13.0. The van der Waals surface area contributed by atoms with Gasteiger partial charge in [0.25, 0.3) is 0 Å². The molecular weight excluding hydrogens is 506 g/mol. The molecule has 1 N–H and O–H groups in total. The fraction of sp³-hybridized carbons (Fsp3) is 0.514. The minimum absolute atomic E-state index is 0.141. The Kier molecular flexibility index (Phi) is 10.8. The van der Waals surface area contributed by atoms with Gasteiger partial charge in [-0.2, -0.15) is 0 Å². The molecule has 4 nitrogen and oxygen atoms in total. The monoisotopic (exact) mass is 557 g/mol. The van der Waals surface area contributed by atoms with E-state index in [2.05, 4.69) is 70.7 Å².